The second-order valence-electron chi connectivity index (χ2n) is 4.70. The van der Waals surface area contributed by atoms with Crippen LogP contribution in [0.25, 0.3) is 11.0 Å². The summed E-state index contributed by atoms with van der Waals surface area (Å²) in [4.78, 5) is 22.0. The Kier molecular flexibility index (Phi) is 3.28. The first-order valence-corrected chi connectivity index (χ1v) is 6.43. The number of aldehydes is 1. The molecule has 0 N–H and O–H groups in total. The Labute approximate surface area is 120 Å². The molecule has 0 spiro atoms. The molecule has 0 aliphatic heterocycles. The van der Waals surface area contributed by atoms with Crippen molar-refractivity contribution in [2.75, 3.05) is 0 Å². The van der Waals surface area contributed by atoms with Crippen LogP contribution in [0, 0.1) is 6.92 Å². The Morgan fingerprint density at radius 2 is 1.71 bits per heavy atom. The van der Waals surface area contributed by atoms with E-state index in [9.17, 15) is 9.59 Å². The number of carbonyl (C=O) groups excluding carboxylic acids is 1. The van der Waals surface area contributed by atoms with Crippen LogP contribution in [0.3, 0.4) is 0 Å². The van der Waals surface area contributed by atoms with E-state index in [-0.39, 0.29) is 5.63 Å². The molecule has 3 rings (SSSR count). The third kappa shape index (κ3) is 2.69. The Morgan fingerprint density at radius 3 is 2.43 bits per heavy atom. The zero-order chi connectivity index (χ0) is 14.8. The van der Waals surface area contributed by atoms with Crippen LogP contribution in [-0.4, -0.2) is 6.29 Å². The van der Waals surface area contributed by atoms with Gasteiger partial charge in [-0.05, 0) is 48.9 Å². The van der Waals surface area contributed by atoms with E-state index in [4.69, 9.17) is 9.15 Å². The Balaban J connectivity index is 1.96. The van der Waals surface area contributed by atoms with E-state index in [0.29, 0.717) is 22.6 Å². The van der Waals surface area contributed by atoms with Crippen LogP contribution in [0.2, 0.25) is 0 Å². The third-order valence-electron chi connectivity index (χ3n) is 3.17. The molecule has 3 aromatic rings. The Hall–Kier alpha value is -2.88. The van der Waals surface area contributed by atoms with Gasteiger partial charge in [-0.2, -0.15) is 0 Å². The summed E-state index contributed by atoms with van der Waals surface area (Å²) in [5.41, 5.74) is 1.56. The normalized spacial score (nSPS) is 10.5. The van der Waals surface area contributed by atoms with Crippen LogP contribution >= 0.6 is 0 Å². The molecule has 0 saturated heterocycles. The highest BCUT2D eigenvalue weighted by Gasteiger charge is 2.05. The molecule has 0 fully saturated rings. The number of ether oxygens (including phenoxy) is 1. The minimum Gasteiger partial charge on any atom is -0.457 e. The second kappa shape index (κ2) is 5.25. The number of aryl methyl sites for hydroxylation is 1. The topological polar surface area (TPSA) is 56.5 Å². The van der Waals surface area contributed by atoms with Crippen molar-refractivity contribution in [2.24, 2.45) is 0 Å². The fourth-order valence-corrected chi connectivity index (χ4v) is 2.12. The summed E-state index contributed by atoms with van der Waals surface area (Å²) in [5, 5.41) is 0.873. The SMILES string of the molecule is Cc1cc(=O)oc2cc(Oc3ccc(C=O)cc3)ccc12. The molecule has 2 aromatic carbocycles. The summed E-state index contributed by atoms with van der Waals surface area (Å²) in [6.07, 6.45) is 0.775. The van der Waals surface area contributed by atoms with Crippen LogP contribution in [0.15, 0.2) is 57.7 Å². The summed E-state index contributed by atoms with van der Waals surface area (Å²) < 4.78 is 10.9. The minimum absolute atomic E-state index is 0.382. The van der Waals surface area contributed by atoms with E-state index < -0.39 is 0 Å². The predicted octanol–water partition coefficient (Wildman–Crippen LogP) is 3.71. The first-order valence-electron chi connectivity index (χ1n) is 6.43. The van der Waals surface area contributed by atoms with Gasteiger partial charge < -0.3 is 9.15 Å². The van der Waals surface area contributed by atoms with Crippen molar-refractivity contribution in [3.05, 3.63) is 70.1 Å². The largest absolute Gasteiger partial charge is 0.457 e. The summed E-state index contributed by atoms with van der Waals surface area (Å²) in [6, 6.07) is 13.6. The van der Waals surface area contributed by atoms with Gasteiger partial charge in [0.15, 0.2) is 0 Å². The maximum Gasteiger partial charge on any atom is 0.336 e. The van der Waals surface area contributed by atoms with E-state index >= 15 is 0 Å². The van der Waals surface area contributed by atoms with Gasteiger partial charge in [0, 0.05) is 23.1 Å². The van der Waals surface area contributed by atoms with Gasteiger partial charge in [-0.15, -0.1) is 0 Å². The molecule has 0 unspecified atom stereocenters. The molecule has 21 heavy (non-hydrogen) atoms. The highest BCUT2D eigenvalue weighted by molar-refractivity contribution is 5.81. The Morgan fingerprint density at radius 1 is 1.00 bits per heavy atom. The first kappa shape index (κ1) is 13.1. The molecule has 0 aliphatic carbocycles. The van der Waals surface area contributed by atoms with Gasteiger partial charge >= 0.3 is 5.63 Å². The van der Waals surface area contributed by atoms with Crippen molar-refractivity contribution in [3.63, 3.8) is 0 Å². The lowest BCUT2D eigenvalue weighted by molar-refractivity contribution is 0.112. The first-order chi connectivity index (χ1) is 10.2. The van der Waals surface area contributed by atoms with Crippen LogP contribution in [0.4, 0.5) is 0 Å². The van der Waals surface area contributed by atoms with E-state index in [0.717, 1.165) is 17.2 Å². The number of benzene rings is 2. The van der Waals surface area contributed by atoms with Gasteiger partial charge in [0.2, 0.25) is 0 Å². The van der Waals surface area contributed by atoms with Gasteiger partial charge in [0.25, 0.3) is 0 Å². The third-order valence-corrected chi connectivity index (χ3v) is 3.17. The van der Waals surface area contributed by atoms with E-state index in [1.165, 1.54) is 6.07 Å². The number of hydrogen-bond acceptors (Lipinski definition) is 4. The van der Waals surface area contributed by atoms with E-state index in [1.807, 2.05) is 19.1 Å². The second-order valence-corrected chi connectivity index (χ2v) is 4.70. The monoisotopic (exact) mass is 280 g/mol. The van der Waals surface area contributed by atoms with Crippen molar-refractivity contribution >= 4 is 17.3 Å². The van der Waals surface area contributed by atoms with Gasteiger partial charge in [-0.1, -0.05) is 0 Å². The molecule has 1 heterocycles. The Bertz CT molecular complexity index is 860. The summed E-state index contributed by atoms with van der Waals surface area (Å²) in [7, 11) is 0. The fourth-order valence-electron chi connectivity index (χ4n) is 2.12. The van der Waals surface area contributed by atoms with Crippen LogP contribution in [-0.2, 0) is 0 Å². The van der Waals surface area contributed by atoms with E-state index in [1.54, 1.807) is 30.3 Å². The highest BCUT2D eigenvalue weighted by Crippen LogP contribution is 2.26. The van der Waals surface area contributed by atoms with Gasteiger partial charge in [-0.3, -0.25) is 4.79 Å². The predicted molar refractivity (Wildman–Crippen MR) is 79.1 cm³/mol. The molecule has 104 valence electrons. The zero-order valence-corrected chi connectivity index (χ0v) is 11.3. The average Bonchev–Trinajstić information content (AvgIpc) is 2.47. The van der Waals surface area contributed by atoms with Crippen LogP contribution < -0.4 is 10.4 Å². The number of hydrogen-bond donors (Lipinski definition) is 0. The van der Waals surface area contributed by atoms with Crippen molar-refractivity contribution in [1.29, 1.82) is 0 Å². The molecule has 4 nitrogen and oxygen atoms in total. The highest BCUT2D eigenvalue weighted by atomic mass is 16.5. The number of fused-ring (bicyclic) bond motifs is 1. The maximum atomic E-state index is 11.4. The van der Waals surface area contributed by atoms with Gasteiger partial charge in [0.05, 0.1) is 0 Å². The zero-order valence-electron chi connectivity index (χ0n) is 11.3. The summed E-state index contributed by atoms with van der Waals surface area (Å²) in [5.74, 6) is 1.17. The van der Waals surface area contributed by atoms with Gasteiger partial charge in [0.1, 0.15) is 23.4 Å². The van der Waals surface area contributed by atoms with E-state index in [2.05, 4.69) is 0 Å². The number of rotatable bonds is 3. The molecular weight excluding hydrogens is 268 g/mol. The quantitative estimate of drug-likeness (QED) is 0.542. The molecule has 0 saturated carbocycles. The van der Waals surface area contributed by atoms with Crippen LogP contribution in [0.1, 0.15) is 15.9 Å². The molecule has 0 radical (unpaired) electrons. The molecule has 0 amide bonds. The molecule has 0 atom stereocenters. The molecule has 0 aliphatic rings. The fraction of sp³-hybridized carbons (Fsp3) is 0.0588. The van der Waals surface area contributed by atoms with Crippen LogP contribution in [0.5, 0.6) is 11.5 Å². The molecule has 1 aromatic heterocycles. The van der Waals surface area contributed by atoms with Crippen molar-refractivity contribution in [1.82, 2.24) is 0 Å². The average molecular weight is 280 g/mol. The lowest BCUT2D eigenvalue weighted by Gasteiger charge is -2.07. The molecule has 0 bridgehead atoms. The smallest absolute Gasteiger partial charge is 0.336 e. The van der Waals surface area contributed by atoms with Crippen molar-refractivity contribution in [2.45, 2.75) is 6.92 Å². The number of carbonyl (C=O) groups is 1. The minimum atomic E-state index is -0.382. The lowest BCUT2D eigenvalue weighted by Crippen LogP contribution is -1.97. The van der Waals surface area contributed by atoms with Gasteiger partial charge in [-0.25, -0.2) is 4.79 Å². The summed E-state index contributed by atoms with van der Waals surface area (Å²) >= 11 is 0. The summed E-state index contributed by atoms with van der Waals surface area (Å²) in [6.45, 7) is 1.86. The standard InChI is InChI=1S/C17H12O4/c1-11-8-17(19)21-16-9-14(6-7-15(11)16)20-13-4-2-12(10-18)3-5-13/h2-10H,1H3. The van der Waals surface area contributed by atoms with Crippen molar-refractivity contribution < 1.29 is 13.9 Å². The molecule has 4 heteroatoms. The lowest BCUT2D eigenvalue weighted by atomic mass is 10.1. The maximum absolute atomic E-state index is 11.4. The van der Waals surface area contributed by atoms with Crippen molar-refractivity contribution in [3.8, 4) is 11.5 Å². The molecular formula is C17H12O4.